The van der Waals surface area contributed by atoms with E-state index >= 15 is 0 Å². The van der Waals surface area contributed by atoms with Crippen molar-refractivity contribution in [3.63, 3.8) is 0 Å². The maximum absolute atomic E-state index is 12.5. The Bertz CT molecular complexity index is 488. The summed E-state index contributed by atoms with van der Waals surface area (Å²) in [7, 11) is 1.63. The number of hydrogen-bond donors (Lipinski definition) is 0. The van der Waals surface area contributed by atoms with Crippen molar-refractivity contribution in [3.8, 4) is 5.75 Å². The number of hydrogen-bond acceptors (Lipinski definition) is 3. The largest absolute Gasteiger partial charge is 0.496 e. The van der Waals surface area contributed by atoms with Gasteiger partial charge >= 0.3 is 0 Å². The molecule has 0 bridgehead atoms. The monoisotopic (exact) mass is 275 g/mol. The first kappa shape index (κ1) is 15.0. The minimum atomic E-state index is 0.166. The molecule has 0 saturated carbocycles. The lowest BCUT2D eigenvalue weighted by molar-refractivity contribution is 0.0897. The van der Waals surface area contributed by atoms with E-state index in [1.807, 2.05) is 26.0 Å². The molecule has 0 amide bonds. The van der Waals surface area contributed by atoms with Gasteiger partial charge in [0, 0.05) is 0 Å². The zero-order valence-corrected chi connectivity index (χ0v) is 13.0. The summed E-state index contributed by atoms with van der Waals surface area (Å²) in [5, 5.41) is 0. The van der Waals surface area contributed by atoms with Crippen molar-refractivity contribution in [2.75, 3.05) is 26.7 Å². The number of ketones is 1. The summed E-state index contributed by atoms with van der Waals surface area (Å²) >= 11 is 0. The number of carbonyl (C=O) groups excluding carboxylic acids is 1. The topological polar surface area (TPSA) is 29.5 Å². The van der Waals surface area contributed by atoms with E-state index in [0.29, 0.717) is 17.9 Å². The molecule has 0 aromatic heterocycles. The molecule has 0 atom stereocenters. The van der Waals surface area contributed by atoms with E-state index < -0.39 is 0 Å². The summed E-state index contributed by atoms with van der Waals surface area (Å²) in [6.45, 7) is 8.92. The summed E-state index contributed by atoms with van der Waals surface area (Å²) in [5.74, 6) is 1.65. The van der Waals surface area contributed by atoms with Gasteiger partial charge in [-0.1, -0.05) is 6.92 Å². The molecule has 1 fully saturated rings. The molecule has 1 heterocycles. The van der Waals surface area contributed by atoms with E-state index in [0.717, 1.165) is 30.1 Å². The molecule has 1 saturated heterocycles. The van der Waals surface area contributed by atoms with Gasteiger partial charge in [0.1, 0.15) is 5.75 Å². The van der Waals surface area contributed by atoms with Crippen LogP contribution >= 0.6 is 0 Å². The Labute approximate surface area is 121 Å². The molecular weight excluding hydrogens is 250 g/mol. The van der Waals surface area contributed by atoms with Crippen LogP contribution in [0.15, 0.2) is 12.1 Å². The number of piperidine rings is 1. The zero-order chi connectivity index (χ0) is 14.7. The van der Waals surface area contributed by atoms with E-state index in [9.17, 15) is 4.79 Å². The lowest BCUT2D eigenvalue weighted by atomic mass is 9.98. The van der Waals surface area contributed by atoms with Crippen LogP contribution in [0.4, 0.5) is 0 Å². The highest BCUT2D eigenvalue weighted by Gasteiger charge is 2.21. The van der Waals surface area contributed by atoms with Crippen molar-refractivity contribution >= 4 is 5.78 Å². The number of carbonyl (C=O) groups is 1. The molecule has 0 unspecified atom stereocenters. The van der Waals surface area contributed by atoms with Crippen LogP contribution in [0.5, 0.6) is 5.75 Å². The van der Waals surface area contributed by atoms with Crippen molar-refractivity contribution in [2.45, 2.75) is 33.6 Å². The number of methoxy groups -OCH3 is 1. The Morgan fingerprint density at radius 3 is 2.45 bits per heavy atom. The lowest BCUT2D eigenvalue weighted by Gasteiger charge is -2.29. The summed E-state index contributed by atoms with van der Waals surface area (Å²) in [4.78, 5) is 14.8. The minimum absolute atomic E-state index is 0.166. The molecule has 1 aromatic rings. The average molecular weight is 275 g/mol. The third-order valence-electron chi connectivity index (χ3n) is 4.36. The maximum atomic E-state index is 12.5. The van der Waals surface area contributed by atoms with Crippen LogP contribution < -0.4 is 4.74 Å². The molecule has 0 spiro atoms. The van der Waals surface area contributed by atoms with Gasteiger partial charge in [0.15, 0.2) is 5.78 Å². The maximum Gasteiger partial charge on any atom is 0.180 e. The van der Waals surface area contributed by atoms with Gasteiger partial charge in [-0.15, -0.1) is 0 Å². The van der Waals surface area contributed by atoms with E-state index in [4.69, 9.17) is 4.74 Å². The number of Topliss-reactive ketones (excluding diaryl/α,β-unsaturated/α-hetero) is 1. The second kappa shape index (κ2) is 6.40. The van der Waals surface area contributed by atoms with Gasteiger partial charge in [0.2, 0.25) is 0 Å². The fourth-order valence-electron chi connectivity index (χ4n) is 2.68. The first-order valence-electron chi connectivity index (χ1n) is 7.42. The highest BCUT2D eigenvalue weighted by molar-refractivity contribution is 6.00. The molecule has 1 aliphatic rings. The predicted molar refractivity (Wildman–Crippen MR) is 81.6 cm³/mol. The molecule has 1 aromatic carbocycles. The Morgan fingerprint density at radius 1 is 1.25 bits per heavy atom. The third kappa shape index (κ3) is 3.40. The standard InChI is InChI=1S/C17H25NO2/c1-12-5-7-18(8-6-12)11-16(19)15-9-13(2)14(3)10-17(15)20-4/h9-10,12H,5-8,11H2,1-4H3. The van der Waals surface area contributed by atoms with Gasteiger partial charge in [-0.05, 0) is 69.0 Å². The number of rotatable bonds is 4. The quantitative estimate of drug-likeness (QED) is 0.790. The molecule has 0 N–H and O–H groups in total. The lowest BCUT2D eigenvalue weighted by Crippen LogP contribution is -2.36. The van der Waals surface area contributed by atoms with Crippen molar-refractivity contribution < 1.29 is 9.53 Å². The van der Waals surface area contributed by atoms with Crippen LogP contribution in [0.3, 0.4) is 0 Å². The van der Waals surface area contributed by atoms with Gasteiger partial charge in [-0.2, -0.15) is 0 Å². The van der Waals surface area contributed by atoms with E-state index in [1.54, 1.807) is 7.11 Å². The van der Waals surface area contributed by atoms with E-state index in [2.05, 4.69) is 11.8 Å². The summed E-state index contributed by atoms with van der Waals surface area (Å²) in [5.41, 5.74) is 3.01. The SMILES string of the molecule is COc1cc(C)c(C)cc1C(=O)CN1CCC(C)CC1. The highest BCUT2D eigenvalue weighted by Crippen LogP contribution is 2.24. The molecule has 3 nitrogen and oxygen atoms in total. The Hall–Kier alpha value is -1.35. The number of ether oxygens (including phenoxy) is 1. The number of benzene rings is 1. The molecular formula is C17H25NO2. The molecule has 20 heavy (non-hydrogen) atoms. The predicted octanol–water partition coefficient (Wildman–Crippen LogP) is 3.23. The first-order chi connectivity index (χ1) is 9.51. The van der Waals surface area contributed by atoms with E-state index in [-0.39, 0.29) is 5.78 Å². The molecule has 2 rings (SSSR count). The number of aryl methyl sites for hydroxylation is 2. The Kier molecular flexibility index (Phi) is 4.81. The van der Waals surface area contributed by atoms with Crippen molar-refractivity contribution in [1.29, 1.82) is 0 Å². The summed E-state index contributed by atoms with van der Waals surface area (Å²) in [6.07, 6.45) is 2.38. The van der Waals surface area contributed by atoms with Crippen molar-refractivity contribution in [3.05, 3.63) is 28.8 Å². The molecule has 0 radical (unpaired) electrons. The smallest absolute Gasteiger partial charge is 0.180 e. The Balaban J connectivity index is 2.11. The number of likely N-dealkylation sites (tertiary alicyclic amines) is 1. The van der Waals surface area contributed by atoms with Crippen LogP contribution in [0.2, 0.25) is 0 Å². The second-order valence-electron chi connectivity index (χ2n) is 6.02. The Morgan fingerprint density at radius 2 is 1.85 bits per heavy atom. The van der Waals surface area contributed by atoms with Gasteiger partial charge < -0.3 is 4.74 Å². The summed E-state index contributed by atoms with van der Waals surface area (Å²) < 4.78 is 5.37. The average Bonchev–Trinajstić information content (AvgIpc) is 2.43. The highest BCUT2D eigenvalue weighted by atomic mass is 16.5. The first-order valence-corrected chi connectivity index (χ1v) is 7.42. The van der Waals surface area contributed by atoms with Crippen LogP contribution in [0, 0.1) is 19.8 Å². The second-order valence-corrected chi connectivity index (χ2v) is 6.02. The van der Waals surface area contributed by atoms with Crippen molar-refractivity contribution in [1.82, 2.24) is 4.90 Å². The van der Waals surface area contributed by atoms with Gasteiger partial charge in [0.05, 0.1) is 19.2 Å². The van der Waals surface area contributed by atoms with Gasteiger partial charge in [-0.3, -0.25) is 9.69 Å². The normalized spacial score (nSPS) is 17.2. The fourth-order valence-corrected chi connectivity index (χ4v) is 2.68. The number of nitrogens with zero attached hydrogens (tertiary/aromatic N) is 1. The fraction of sp³-hybridized carbons (Fsp3) is 0.588. The zero-order valence-electron chi connectivity index (χ0n) is 13.0. The molecule has 0 aliphatic carbocycles. The third-order valence-corrected chi connectivity index (χ3v) is 4.36. The van der Waals surface area contributed by atoms with Crippen molar-refractivity contribution in [2.24, 2.45) is 5.92 Å². The van der Waals surface area contributed by atoms with Crippen LogP contribution in [-0.2, 0) is 0 Å². The van der Waals surface area contributed by atoms with Crippen LogP contribution in [-0.4, -0.2) is 37.4 Å². The van der Waals surface area contributed by atoms with Crippen LogP contribution in [0.1, 0.15) is 41.3 Å². The molecule has 110 valence electrons. The van der Waals surface area contributed by atoms with Gasteiger partial charge in [0.25, 0.3) is 0 Å². The minimum Gasteiger partial charge on any atom is -0.496 e. The van der Waals surface area contributed by atoms with E-state index in [1.165, 1.54) is 12.8 Å². The molecule has 3 heteroatoms. The van der Waals surface area contributed by atoms with Crippen LogP contribution in [0.25, 0.3) is 0 Å². The molecule has 1 aliphatic heterocycles. The van der Waals surface area contributed by atoms with Gasteiger partial charge in [-0.25, -0.2) is 0 Å². The summed E-state index contributed by atoms with van der Waals surface area (Å²) in [6, 6.07) is 3.92.